The lowest BCUT2D eigenvalue weighted by Crippen LogP contribution is -2.40. The summed E-state index contributed by atoms with van der Waals surface area (Å²) in [6.07, 6.45) is 3.00. The number of esters is 1. The van der Waals surface area contributed by atoms with Gasteiger partial charge in [0.15, 0.2) is 5.52 Å². The van der Waals surface area contributed by atoms with E-state index in [-0.39, 0.29) is 18.6 Å². The van der Waals surface area contributed by atoms with Crippen molar-refractivity contribution in [2.24, 2.45) is 0 Å². The Bertz CT molecular complexity index is 1280. The van der Waals surface area contributed by atoms with Crippen LogP contribution in [0, 0.1) is 0 Å². The average Bonchev–Trinajstić information content (AvgIpc) is 3.27. The van der Waals surface area contributed by atoms with Gasteiger partial charge in [-0.3, -0.25) is 13.9 Å². The van der Waals surface area contributed by atoms with E-state index in [1.54, 1.807) is 48.5 Å². The molecule has 0 aliphatic carbocycles. The zero-order valence-electron chi connectivity index (χ0n) is 15.6. The molecule has 0 aliphatic rings. The molecule has 146 valence electrons. The molecule has 0 fully saturated rings. The quantitative estimate of drug-likeness (QED) is 0.483. The molecule has 8 nitrogen and oxygen atoms in total. The predicted octanol–water partition coefficient (Wildman–Crippen LogP) is 2.03. The summed E-state index contributed by atoms with van der Waals surface area (Å²) < 4.78 is 12.6. The Labute approximate surface area is 164 Å². The second-order valence-corrected chi connectivity index (χ2v) is 6.40. The van der Waals surface area contributed by atoms with Crippen molar-refractivity contribution in [3.05, 3.63) is 98.7 Å². The van der Waals surface area contributed by atoms with Gasteiger partial charge in [-0.2, -0.15) is 0 Å². The minimum atomic E-state index is -0.473. The van der Waals surface area contributed by atoms with Gasteiger partial charge in [0.25, 0.3) is 5.56 Å². The van der Waals surface area contributed by atoms with Gasteiger partial charge in [-0.05, 0) is 42.0 Å². The van der Waals surface area contributed by atoms with Gasteiger partial charge in [0.05, 0.1) is 37.5 Å². The highest BCUT2D eigenvalue weighted by molar-refractivity contribution is 5.89. The number of methoxy groups -OCH3 is 1. The fraction of sp³-hybridized carbons (Fsp3) is 0.143. The molecule has 0 bridgehead atoms. The molecule has 4 aromatic rings. The van der Waals surface area contributed by atoms with E-state index in [4.69, 9.17) is 9.15 Å². The van der Waals surface area contributed by atoms with E-state index >= 15 is 0 Å². The fourth-order valence-electron chi connectivity index (χ4n) is 3.14. The van der Waals surface area contributed by atoms with Gasteiger partial charge in [0.1, 0.15) is 5.76 Å². The topological polar surface area (TPSA) is 96.3 Å². The van der Waals surface area contributed by atoms with Crippen molar-refractivity contribution in [1.29, 1.82) is 0 Å². The van der Waals surface area contributed by atoms with Gasteiger partial charge in [-0.15, -0.1) is 0 Å². The number of aromatic nitrogens is 3. The molecule has 0 atom stereocenters. The van der Waals surface area contributed by atoms with Crippen LogP contribution in [0.3, 0.4) is 0 Å². The third-order valence-corrected chi connectivity index (χ3v) is 4.60. The van der Waals surface area contributed by atoms with Gasteiger partial charge >= 0.3 is 11.7 Å². The molecule has 29 heavy (non-hydrogen) atoms. The first-order chi connectivity index (χ1) is 14.1. The number of pyridine rings is 1. The fourth-order valence-corrected chi connectivity index (χ4v) is 3.14. The molecule has 0 aliphatic heterocycles. The summed E-state index contributed by atoms with van der Waals surface area (Å²) in [6, 6.07) is 13.5. The molecule has 0 spiro atoms. The molecule has 3 heterocycles. The molecule has 0 saturated heterocycles. The van der Waals surface area contributed by atoms with Gasteiger partial charge in [0, 0.05) is 6.20 Å². The summed E-state index contributed by atoms with van der Waals surface area (Å²) in [5, 5.41) is 0. The maximum Gasteiger partial charge on any atom is 0.337 e. The third-order valence-electron chi connectivity index (χ3n) is 4.60. The van der Waals surface area contributed by atoms with Crippen LogP contribution in [0.25, 0.3) is 11.0 Å². The Morgan fingerprint density at radius 1 is 1.03 bits per heavy atom. The SMILES string of the molecule is COC(=O)c1ccc(Cn2c(=O)n(Cc3ccco3)c(=O)c3ncccc32)cc1. The minimum Gasteiger partial charge on any atom is -0.467 e. The van der Waals surface area contributed by atoms with Gasteiger partial charge in [0.2, 0.25) is 0 Å². The van der Waals surface area contributed by atoms with E-state index in [0.717, 1.165) is 10.1 Å². The van der Waals surface area contributed by atoms with Crippen molar-refractivity contribution in [1.82, 2.24) is 14.1 Å². The van der Waals surface area contributed by atoms with Crippen LogP contribution in [0.2, 0.25) is 0 Å². The van der Waals surface area contributed by atoms with Crippen LogP contribution in [0.5, 0.6) is 0 Å². The van der Waals surface area contributed by atoms with Crippen LogP contribution >= 0.6 is 0 Å². The number of carbonyl (C=O) groups is 1. The third kappa shape index (κ3) is 3.47. The molecule has 4 rings (SSSR count). The summed E-state index contributed by atoms with van der Waals surface area (Å²) >= 11 is 0. The van der Waals surface area contributed by atoms with E-state index in [2.05, 4.69) is 4.98 Å². The standard InChI is InChI=1S/C21H17N3O5/c1-28-20(26)15-8-6-14(7-9-15)12-23-17-5-2-10-22-18(17)19(25)24(21(23)27)13-16-4-3-11-29-16/h2-11H,12-13H2,1H3. The minimum absolute atomic E-state index is 0.0124. The second kappa shape index (κ2) is 7.59. The highest BCUT2D eigenvalue weighted by Crippen LogP contribution is 2.11. The molecule has 0 unspecified atom stereocenters. The number of fused-ring (bicyclic) bond motifs is 1. The maximum absolute atomic E-state index is 13.1. The van der Waals surface area contributed by atoms with Crippen LogP contribution in [0.4, 0.5) is 0 Å². The molecule has 0 N–H and O–H groups in total. The Hall–Kier alpha value is -3.94. The predicted molar refractivity (Wildman–Crippen MR) is 105 cm³/mol. The van der Waals surface area contributed by atoms with Crippen LogP contribution in [0.15, 0.2) is 75.0 Å². The molecule has 8 heteroatoms. The van der Waals surface area contributed by atoms with Crippen molar-refractivity contribution in [2.45, 2.75) is 13.1 Å². The Morgan fingerprint density at radius 3 is 2.52 bits per heavy atom. The van der Waals surface area contributed by atoms with Gasteiger partial charge < -0.3 is 9.15 Å². The van der Waals surface area contributed by atoms with Crippen molar-refractivity contribution in [2.75, 3.05) is 7.11 Å². The largest absolute Gasteiger partial charge is 0.467 e. The lowest BCUT2D eigenvalue weighted by atomic mass is 10.1. The molecule has 0 amide bonds. The highest BCUT2D eigenvalue weighted by atomic mass is 16.5. The van der Waals surface area contributed by atoms with Crippen molar-refractivity contribution in [3.63, 3.8) is 0 Å². The number of hydrogen-bond donors (Lipinski definition) is 0. The number of rotatable bonds is 5. The molecule has 0 radical (unpaired) electrons. The number of hydrogen-bond acceptors (Lipinski definition) is 6. The van der Waals surface area contributed by atoms with E-state index < -0.39 is 17.2 Å². The number of benzene rings is 1. The zero-order valence-corrected chi connectivity index (χ0v) is 15.6. The first-order valence-electron chi connectivity index (χ1n) is 8.86. The van der Waals surface area contributed by atoms with E-state index in [9.17, 15) is 14.4 Å². The molecule has 3 aromatic heterocycles. The first-order valence-corrected chi connectivity index (χ1v) is 8.86. The molecule has 1 aromatic carbocycles. The zero-order chi connectivity index (χ0) is 20.4. The van der Waals surface area contributed by atoms with Crippen molar-refractivity contribution >= 4 is 17.0 Å². The lowest BCUT2D eigenvalue weighted by Gasteiger charge is -2.13. The Morgan fingerprint density at radius 2 is 1.83 bits per heavy atom. The smallest absolute Gasteiger partial charge is 0.337 e. The number of ether oxygens (including phenoxy) is 1. The monoisotopic (exact) mass is 391 g/mol. The number of carbonyl (C=O) groups excluding carboxylic acids is 1. The van der Waals surface area contributed by atoms with Crippen molar-refractivity contribution < 1.29 is 13.9 Å². The van der Waals surface area contributed by atoms with E-state index in [1.807, 2.05) is 0 Å². The Balaban J connectivity index is 1.82. The van der Waals surface area contributed by atoms with E-state index in [0.29, 0.717) is 16.8 Å². The van der Waals surface area contributed by atoms with Crippen molar-refractivity contribution in [3.8, 4) is 0 Å². The first kappa shape index (κ1) is 18.4. The maximum atomic E-state index is 13.1. The second-order valence-electron chi connectivity index (χ2n) is 6.40. The van der Waals surface area contributed by atoms with Crippen LogP contribution in [-0.2, 0) is 17.8 Å². The molecular formula is C21H17N3O5. The van der Waals surface area contributed by atoms with Gasteiger partial charge in [-0.25, -0.2) is 14.6 Å². The van der Waals surface area contributed by atoms with Crippen LogP contribution < -0.4 is 11.2 Å². The summed E-state index contributed by atoms with van der Waals surface area (Å²) in [7, 11) is 1.32. The Kier molecular flexibility index (Phi) is 4.82. The van der Waals surface area contributed by atoms with Gasteiger partial charge in [-0.1, -0.05) is 12.1 Å². The van der Waals surface area contributed by atoms with Crippen LogP contribution in [-0.4, -0.2) is 27.2 Å². The lowest BCUT2D eigenvalue weighted by molar-refractivity contribution is 0.0600. The summed E-state index contributed by atoms with van der Waals surface area (Å²) in [6.45, 7) is 0.222. The summed E-state index contributed by atoms with van der Waals surface area (Å²) in [5.74, 6) is 0.0591. The number of furan rings is 1. The van der Waals surface area contributed by atoms with E-state index in [1.165, 1.54) is 24.1 Å². The summed E-state index contributed by atoms with van der Waals surface area (Å²) in [5.41, 5.74) is 0.898. The normalized spacial score (nSPS) is 10.9. The highest BCUT2D eigenvalue weighted by Gasteiger charge is 2.15. The summed E-state index contributed by atoms with van der Waals surface area (Å²) in [4.78, 5) is 41.8. The van der Waals surface area contributed by atoms with Crippen LogP contribution in [0.1, 0.15) is 21.7 Å². The molecule has 0 saturated carbocycles. The number of nitrogens with zero attached hydrogens (tertiary/aromatic N) is 3. The average molecular weight is 391 g/mol. The molecular weight excluding hydrogens is 374 g/mol.